The summed E-state index contributed by atoms with van der Waals surface area (Å²) in [5.41, 5.74) is 17.2. The summed E-state index contributed by atoms with van der Waals surface area (Å²) in [7, 11) is 0. The van der Waals surface area contributed by atoms with Crippen LogP contribution in [-0.4, -0.2) is 0 Å². The zero-order valence-electron chi connectivity index (χ0n) is 8.94. The summed E-state index contributed by atoms with van der Waals surface area (Å²) < 4.78 is 0. The molecular formula is C11H14N4. The number of aryl methyl sites for hydroxylation is 1. The molecule has 1 aromatic rings. The van der Waals surface area contributed by atoms with Gasteiger partial charge in [0.05, 0.1) is 0 Å². The van der Waals surface area contributed by atoms with Crippen LogP contribution < -0.4 is 5.73 Å². The quantitative estimate of drug-likeness (QED) is 0.424. The van der Waals surface area contributed by atoms with Crippen LogP contribution in [0.1, 0.15) is 23.6 Å². The van der Waals surface area contributed by atoms with Gasteiger partial charge < -0.3 is 5.73 Å². The van der Waals surface area contributed by atoms with Crippen molar-refractivity contribution in [3.8, 4) is 0 Å². The van der Waals surface area contributed by atoms with Crippen molar-refractivity contribution in [2.24, 2.45) is 16.8 Å². The molecule has 0 saturated carbocycles. The molecule has 4 nitrogen and oxygen atoms in total. The highest BCUT2D eigenvalue weighted by Crippen LogP contribution is 2.40. The normalized spacial score (nSPS) is 28.3. The molecule has 0 heterocycles. The Kier molecular flexibility index (Phi) is 2.18. The third-order valence-corrected chi connectivity index (χ3v) is 3.18. The van der Waals surface area contributed by atoms with Crippen molar-refractivity contribution in [1.82, 2.24) is 0 Å². The van der Waals surface area contributed by atoms with Gasteiger partial charge in [0.25, 0.3) is 0 Å². The number of benzene rings is 1. The van der Waals surface area contributed by atoms with E-state index in [4.69, 9.17) is 11.3 Å². The van der Waals surface area contributed by atoms with Gasteiger partial charge in [0.15, 0.2) is 0 Å². The Hall–Kier alpha value is -1.51. The Morgan fingerprint density at radius 3 is 3.00 bits per heavy atom. The predicted octanol–water partition coefficient (Wildman–Crippen LogP) is 2.61. The molecule has 4 heteroatoms. The van der Waals surface area contributed by atoms with E-state index in [9.17, 15) is 0 Å². The monoisotopic (exact) mass is 202 g/mol. The first-order valence-corrected chi connectivity index (χ1v) is 5.03. The first-order valence-electron chi connectivity index (χ1n) is 5.03. The minimum absolute atomic E-state index is 0.158. The van der Waals surface area contributed by atoms with Crippen molar-refractivity contribution in [3.63, 3.8) is 0 Å². The van der Waals surface area contributed by atoms with Crippen molar-refractivity contribution in [3.05, 3.63) is 45.3 Å². The maximum Gasteiger partial charge on any atom is 0.124 e. The lowest BCUT2D eigenvalue weighted by Crippen LogP contribution is -2.37. The number of azide groups is 1. The van der Waals surface area contributed by atoms with Crippen LogP contribution in [0.15, 0.2) is 23.3 Å². The number of fused-ring (bicyclic) bond motifs is 1. The van der Waals surface area contributed by atoms with E-state index in [2.05, 4.69) is 22.2 Å². The summed E-state index contributed by atoms with van der Waals surface area (Å²) in [6, 6.07) is 6.16. The van der Waals surface area contributed by atoms with Gasteiger partial charge in [-0.15, -0.1) is 0 Å². The van der Waals surface area contributed by atoms with E-state index in [-0.39, 0.29) is 5.92 Å². The van der Waals surface area contributed by atoms with Crippen molar-refractivity contribution < 1.29 is 0 Å². The van der Waals surface area contributed by atoms with Crippen molar-refractivity contribution in [1.29, 1.82) is 0 Å². The van der Waals surface area contributed by atoms with E-state index < -0.39 is 5.66 Å². The molecule has 0 aromatic heterocycles. The summed E-state index contributed by atoms with van der Waals surface area (Å²) >= 11 is 0. The molecule has 1 aliphatic rings. The SMILES string of the molecule is Cc1ccc2c(c1)[C@](N)(N=[N+]=[N-])[C@@H](C)C2. The summed E-state index contributed by atoms with van der Waals surface area (Å²) in [6.07, 6.45) is 0.880. The highest BCUT2D eigenvalue weighted by molar-refractivity contribution is 5.41. The summed E-state index contributed by atoms with van der Waals surface area (Å²) in [6.45, 7) is 4.03. The van der Waals surface area contributed by atoms with E-state index in [1.165, 1.54) is 5.56 Å². The molecule has 0 radical (unpaired) electrons. The second-order valence-corrected chi connectivity index (χ2v) is 4.28. The average molecular weight is 202 g/mol. The number of hydrogen-bond acceptors (Lipinski definition) is 2. The molecular weight excluding hydrogens is 188 g/mol. The molecule has 0 aliphatic heterocycles. The van der Waals surface area contributed by atoms with Gasteiger partial charge in [-0.2, -0.15) is 0 Å². The van der Waals surface area contributed by atoms with Crippen LogP contribution in [0.25, 0.3) is 10.4 Å². The van der Waals surface area contributed by atoms with Crippen LogP contribution in [0, 0.1) is 12.8 Å². The molecule has 0 bridgehead atoms. The Balaban J connectivity index is 2.62. The lowest BCUT2D eigenvalue weighted by molar-refractivity contribution is 0.336. The molecule has 0 amide bonds. The molecule has 1 aliphatic carbocycles. The Morgan fingerprint density at radius 1 is 1.60 bits per heavy atom. The summed E-state index contributed by atoms with van der Waals surface area (Å²) in [4.78, 5) is 2.87. The van der Waals surface area contributed by atoms with Crippen LogP contribution in [-0.2, 0) is 12.1 Å². The van der Waals surface area contributed by atoms with Gasteiger partial charge in [-0.3, -0.25) is 0 Å². The molecule has 15 heavy (non-hydrogen) atoms. The maximum absolute atomic E-state index is 8.58. The molecule has 78 valence electrons. The van der Waals surface area contributed by atoms with E-state index in [1.807, 2.05) is 19.9 Å². The molecule has 0 fully saturated rings. The third-order valence-electron chi connectivity index (χ3n) is 3.18. The average Bonchev–Trinajstić information content (AvgIpc) is 2.42. The second kappa shape index (κ2) is 3.26. The van der Waals surface area contributed by atoms with E-state index in [1.54, 1.807) is 0 Å². The first-order chi connectivity index (χ1) is 7.08. The van der Waals surface area contributed by atoms with Crippen LogP contribution in [0.3, 0.4) is 0 Å². The van der Waals surface area contributed by atoms with Gasteiger partial charge in [-0.1, -0.05) is 35.8 Å². The van der Waals surface area contributed by atoms with Crippen LogP contribution in [0.5, 0.6) is 0 Å². The molecule has 2 N–H and O–H groups in total. The molecule has 2 rings (SSSR count). The molecule has 0 saturated heterocycles. The minimum atomic E-state index is -0.865. The predicted molar refractivity (Wildman–Crippen MR) is 59.1 cm³/mol. The van der Waals surface area contributed by atoms with Gasteiger partial charge in [0, 0.05) is 4.91 Å². The van der Waals surface area contributed by atoms with Gasteiger partial charge in [0.1, 0.15) is 5.66 Å². The first kappa shape index (κ1) is 10.0. The lowest BCUT2D eigenvalue weighted by Gasteiger charge is -2.24. The topological polar surface area (TPSA) is 74.8 Å². The number of nitrogens with two attached hydrogens (primary N) is 1. The molecule has 0 unspecified atom stereocenters. The lowest BCUT2D eigenvalue weighted by atomic mass is 9.95. The summed E-state index contributed by atoms with van der Waals surface area (Å²) in [5, 5.41) is 3.78. The van der Waals surface area contributed by atoms with Crippen LogP contribution in [0.4, 0.5) is 0 Å². The zero-order valence-corrected chi connectivity index (χ0v) is 8.94. The second-order valence-electron chi connectivity index (χ2n) is 4.28. The van der Waals surface area contributed by atoms with Gasteiger partial charge in [0.2, 0.25) is 0 Å². The van der Waals surface area contributed by atoms with Crippen LogP contribution in [0.2, 0.25) is 0 Å². The fourth-order valence-corrected chi connectivity index (χ4v) is 2.22. The van der Waals surface area contributed by atoms with Crippen LogP contribution >= 0.6 is 0 Å². The van der Waals surface area contributed by atoms with E-state index >= 15 is 0 Å². The highest BCUT2D eigenvalue weighted by atomic mass is 15.2. The number of nitrogens with zero attached hydrogens (tertiary/aromatic N) is 3. The fourth-order valence-electron chi connectivity index (χ4n) is 2.22. The standard InChI is InChI=1S/C11H14N4/c1-7-3-4-9-6-8(2)11(12,14-15-13)10(9)5-7/h3-5,8H,6,12H2,1-2H3/t8-,11+/m0/s1. The Labute approximate surface area is 88.7 Å². The smallest absolute Gasteiger partial charge is 0.124 e. The van der Waals surface area contributed by atoms with E-state index in [0.29, 0.717) is 0 Å². The van der Waals surface area contributed by atoms with Gasteiger partial charge >= 0.3 is 0 Å². The third kappa shape index (κ3) is 1.39. The van der Waals surface area contributed by atoms with Crippen molar-refractivity contribution in [2.75, 3.05) is 0 Å². The maximum atomic E-state index is 8.58. The largest absolute Gasteiger partial charge is 0.316 e. The molecule has 1 aromatic carbocycles. The van der Waals surface area contributed by atoms with E-state index in [0.717, 1.165) is 17.5 Å². The fraction of sp³-hybridized carbons (Fsp3) is 0.455. The Bertz CT molecular complexity index is 448. The summed E-state index contributed by atoms with van der Waals surface area (Å²) in [5.74, 6) is 0.158. The molecule has 2 atom stereocenters. The number of rotatable bonds is 1. The van der Waals surface area contributed by atoms with Gasteiger partial charge in [-0.25, -0.2) is 0 Å². The zero-order chi connectivity index (χ0) is 11.1. The Morgan fingerprint density at radius 2 is 2.33 bits per heavy atom. The van der Waals surface area contributed by atoms with Gasteiger partial charge in [-0.05, 0) is 35.9 Å². The minimum Gasteiger partial charge on any atom is -0.316 e. The highest BCUT2D eigenvalue weighted by Gasteiger charge is 2.40. The van der Waals surface area contributed by atoms with Crippen molar-refractivity contribution in [2.45, 2.75) is 25.9 Å². The number of hydrogen-bond donors (Lipinski definition) is 1. The van der Waals surface area contributed by atoms with Crippen molar-refractivity contribution >= 4 is 0 Å². The molecule has 0 spiro atoms.